The minimum atomic E-state index is -3.73. The van der Waals surface area contributed by atoms with Crippen LogP contribution in [0.25, 0.3) is 0 Å². The van der Waals surface area contributed by atoms with Crippen LogP contribution in [0.2, 0.25) is 0 Å². The Kier molecular flexibility index (Phi) is 3.73. The zero-order valence-corrected chi connectivity index (χ0v) is 11.3. The molecule has 3 nitrogen and oxygen atoms in total. The molecule has 2 rings (SSSR count). The van der Waals surface area contributed by atoms with Crippen LogP contribution in [0.1, 0.15) is 32.6 Å². The number of benzene rings is 1. The molecule has 18 heavy (non-hydrogen) atoms. The number of halogens is 1. The molecule has 0 unspecified atom stereocenters. The second kappa shape index (κ2) is 4.97. The van der Waals surface area contributed by atoms with Gasteiger partial charge in [-0.2, -0.15) is 0 Å². The Balaban J connectivity index is 2.07. The molecule has 0 bridgehead atoms. The molecule has 0 atom stereocenters. The van der Waals surface area contributed by atoms with Gasteiger partial charge >= 0.3 is 0 Å². The quantitative estimate of drug-likeness (QED) is 0.864. The lowest BCUT2D eigenvalue weighted by molar-refractivity contribution is 0.448. The summed E-state index contributed by atoms with van der Waals surface area (Å²) in [6.07, 6.45) is 4.18. The smallest absolute Gasteiger partial charge is 0.211 e. The van der Waals surface area contributed by atoms with Gasteiger partial charge in [-0.05, 0) is 36.8 Å². The summed E-state index contributed by atoms with van der Waals surface area (Å²) in [5, 5.41) is 0. The normalized spacial score (nSPS) is 17.7. The first-order valence-corrected chi connectivity index (χ1v) is 7.72. The molecule has 0 amide bonds. The van der Waals surface area contributed by atoms with E-state index in [2.05, 4.69) is 11.6 Å². The predicted octanol–water partition coefficient (Wildman–Crippen LogP) is 2.68. The molecular weight excluding hydrogens is 253 g/mol. The molecule has 1 saturated carbocycles. The molecule has 0 spiro atoms. The molecule has 1 N–H and O–H groups in total. The highest BCUT2D eigenvalue weighted by atomic mass is 32.2. The monoisotopic (exact) mass is 271 g/mol. The summed E-state index contributed by atoms with van der Waals surface area (Å²) in [5.41, 5.74) is 0.118. The van der Waals surface area contributed by atoms with E-state index < -0.39 is 15.8 Å². The van der Waals surface area contributed by atoms with Crippen molar-refractivity contribution in [1.29, 1.82) is 0 Å². The van der Waals surface area contributed by atoms with Crippen LogP contribution in [-0.2, 0) is 10.0 Å². The molecule has 0 heterocycles. The van der Waals surface area contributed by atoms with Gasteiger partial charge in [-0.15, -0.1) is 0 Å². The third-order valence-corrected chi connectivity index (χ3v) is 4.94. The third kappa shape index (κ3) is 2.90. The summed E-state index contributed by atoms with van der Waals surface area (Å²) in [6, 6.07) is 5.45. The largest absolute Gasteiger partial charge is 0.243 e. The van der Waals surface area contributed by atoms with Crippen LogP contribution in [0.15, 0.2) is 29.2 Å². The number of hydrogen-bond donors (Lipinski definition) is 1. The maximum absolute atomic E-state index is 13.4. The van der Waals surface area contributed by atoms with E-state index in [0.29, 0.717) is 6.54 Å². The van der Waals surface area contributed by atoms with E-state index in [1.54, 1.807) is 0 Å². The second-order valence-corrected chi connectivity index (χ2v) is 6.74. The van der Waals surface area contributed by atoms with Crippen molar-refractivity contribution in [2.24, 2.45) is 5.41 Å². The average Bonchev–Trinajstić information content (AvgIpc) is 3.08. The van der Waals surface area contributed by atoms with Gasteiger partial charge in [-0.3, -0.25) is 0 Å². The zero-order chi connectivity index (χ0) is 13.2. The average molecular weight is 271 g/mol. The third-order valence-electron chi connectivity index (χ3n) is 3.50. The molecule has 0 radical (unpaired) electrons. The van der Waals surface area contributed by atoms with Gasteiger partial charge in [0.2, 0.25) is 10.0 Å². The van der Waals surface area contributed by atoms with Crippen molar-refractivity contribution in [1.82, 2.24) is 4.72 Å². The van der Waals surface area contributed by atoms with E-state index in [9.17, 15) is 12.8 Å². The summed E-state index contributed by atoms with van der Waals surface area (Å²) in [7, 11) is -3.73. The van der Waals surface area contributed by atoms with Gasteiger partial charge in [0.05, 0.1) is 0 Å². The number of hydrogen-bond acceptors (Lipinski definition) is 2. The molecule has 1 aromatic carbocycles. The van der Waals surface area contributed by atoms with Crippen molar-refractivity contribution in [2.45, 2.75) is 37.5 Å². The molecule has 5 heteroatoms. The van der Waals surface area contributed by atoms with Crippen LogP contribution in [0.3, 0.4) is 0 Å². The Morgan fingerprint density at radius 2 is 2.00 bits per heavy atom. The molecular formula is C13H18FNO2S. The predicted molar refractivity (Wildman–Crippen MR) is 68.2 cm³/mol. The van der Waals surface area contributed by atoms with Crippen LogP contribution in [-0.4, -0.2) is 15.0 Å². The lowest BCUT2D eigenvalue weighted by atomic mass is 10.0. The summed E-state index contributed by atoms with van der Waals surface area (Å²) >= 11 is 0. The minimum absolute atomic E-state index is 0.118. The summed E-state index contributed by atoms with van der Waals surface area (Å²) in [4.78, 5) is -0.266. The van der Waals surface area contributed by atoms with Crippen molar-refractivity contribution < 1.29 is 12.8 Å². The first-order chi connectivity index (χ1) is 8.49. The van der Waals surface area contributed by atoms with Crippen LogP contribution in [0, 0.1) is 11.2 Å². The van der Waals surface area contributed by atoms with Crippen molar-refractivity contribution in [2.75, 3.05) is 6.54 Å². The van der Waals surface area contributed by atoms with Crippen molar-refractivity contribution >= 4 is 10.0 Å². The van der Waals surface area contributed by atoms with Gasteiger partial charge in [0.1, 0.15) is 10.7 Å². The molecule has 1 aliphatic carbocycles. The fourth-order valence-corrected chi connectivity index (χ4v) is 3.44. The van der Waals surface area contributed by atoms with Gasteiger partial charge in [-0.25, -0.2) is 17.5 Å². The van der Waals surface area contributed by atoms with Crippen LogP contribution < -0.4 is 4.72 Å². The van der Waals surface area contributed by atoms with Crippen LogP contribution in [0.5, 0.6) is 0 Å². The Labute approximate surface area is 107 Å². The highest BCUT2D eigenvalue weighted by molar-refractivity contribution is 7.89. The van der Waals surface area contributed by atoms with E-state index in [0.717, 1.165) is 31.7 Å². The maximum atomic E-state index is 13.4. The molecule has 1 fully saturated rings. The fourth-order valence-electron chi connectivity index (χ4n) is 2.21. The standard InChI is InChI=1S/C13H18FNO2S/c1-2-7-13(8-9-13)10-15-18(16,17)12-6-4-3-5-11(12)14/h3-6,15H,2,7-10H2,1H3. The first kappa shape index (κ1) is 13.5. The highest BCUT2D eigenvalue weighted by Crippen LogP contribution is 2.49. The minimum Gasteiger partial charge on any atom is -0.211 e. The van der Waals surface area contributed by atoms with Crippen molar-refractivity contribution in [3.63, 3.8) is 0 Å². The number of sulfonamides is 1. The van der Waals surface area contributed by atoms with Gasteiger partial charge < -0.3 is 0 Å². The summed E-state index contributed by atoms with van der Waals surface area (Å²) in [6.45, 7) is 2.50. The van der Waals surface area contributed by atoms with Gasteiger partial charge in [0.25, 0.3) is 0 Å². The fraction of sp³-hybridized carbons (Fsp3) is 0.538. The molecule has 1 aliphatic rings. The van der Waals surface area contributed by atoms with E-state index in [-0.39, 0.29) is 10.3 Å². The van der Waals surface area contributed by atoms with Gasteiger partial charge in [0.15, 0.2) is 0 Å². The van der Waals surface area contributed by atoms with E-state index >= 15 is 0 Å². The van der Waals surface area contributed by atoms with Crippen LogP contribution >= 0.6 is 0 Å². The Morgan fingerprint density at radius 1 is 1.33 bits per heavy atom. The lowest BCUT2D eigenvalue weighted by Crippen LogP contribution is -2.30. The SMILES string of the molecule is CCCC1(CNS(=O)(=O)c2ccccc2F)CC1. The van der Waals surface area contributed by atoms with Gasteiger partial charge in [0, 0.05) is 6.54 Å². The second-order valence-electron chi connectivity index (χ2n) is 5.00. The maximum Gasteiger partial charge on any atom is 0.243 e. The van der Waals surface area contributed by atoms with Gasteiger partial charge in [-0.1, -0.05) is 25.5 Å². The van der Waals surface area contributed by atoms with Crippen molar-refractivity contribution in [3.8, 4) is 0 Å². The molecule has 0 saturated heterocycles. The Morgan fingerprint density at radius 3 is 2.56 bits per heavy atom. The van der Waals surface area contributed by atoms with E-state index in [1.165, 1.54) is 18.2 Å². The van der Waals surface area contributed by atoms with Crippen LogP contribution in [0.4, 0.5) is 4.39 Å². The topological polar surface area (TPSA) is 46.2 Å². The Bertz CT molecular complexity index is 524. The van der Waals surface area contributed by atoms with E-state index in [4.69, 9.17) is 0 Å². The molecule has 0 aliphatic heterocycles. The molecule has 1 aromatic rings. The van der Waals surface area contributed by atoms with Crippen molar-refractivity contribution in [3.05, 3.63) is 30.1 Å². The lowest BCUT2D eigenvalue weighted by Gasteiger charge is -2.15. The Hall–Kier alpha value is -0.940. The zero-order valence-electron chi connectivity index (χ0n) is 10.4. The number of nitrogens with one attached hydrogen (secondary N) is 1. The molecule has 100 valence electrons. The van der Waals surface area contributed by atoms with E-state index in [1.807, 2.05) is 0 Å². The number of rotatable bonds is 6. The first-order valence-electron chi connectivity index (χ1n) is 6.23. The summed E-state index contributed by atoms with van der Waals surface area (Å²) in [5.74, 6) is -0.703. The molecule has 0 aromatic heterocycles. The highest BCUT2D eigenvalue weighted by Gasteiger charge is 2.42. The summed E-state index contributed by atoms with van der Waals surface area (Å²) < 4.78 is 39.9.